The summed E-state index contributed by atoms with van der Waals surface area (Å²) in [5, 5.41) is 2.98. The number of nitrogens with two attached hydrogens (primary N) is 1. The van der Waals surface area contributed by atoms with Gasteiger partial charge in [0, 0.05) is 30.6 Å². The van der Waals surface area contributed by atoms with Crippen molar-refractivity contribution in [3.8, 4) is 5.75 Å². The number of benzene rings is 1. The normalized spacial score (nSPS) is 22.2. The lowest BCUT2D eigenvalue weighted by molar-refractivity contribution is 0.0695. The molecule has 32 heavy (non-hydrogen) atoms. The number of thiophene rings is 1. The average Bonchev–Trinajstić information content (AvgIpc) is 3.48. The summed E-state index contributed by atoms with van der Waals surface area (Å²) < 4.78 is 12.0. The molecule has 0 radical (unpaired) electrons. The maximum absolute atomic E-state index is 13.0. The maximum atomic E-state index is 13.0. The molecule has 2 aliphatic rings. The topological polar surface area (TPSA) is 94.8 Å². The Bertz CT molecular complexity index is 1170. The van der Waals surface area contributed by atoms with Crippen molar-refractivity contribution < 1.29 is 19.1 Å². The zero-order valence-corrected chi connectivity index (χ0v) is 19.6. The molecule has 3 aromatic rings. The number of rotatable bonds is 5. The van der Waals surface area contributed by atoms with E-state index in [2.05, 4.69) is 20.9 Å². The van der Waals surface area contributed by atoms with Gasteiger partial charge in [-0.2, -0.15) is 0 Å². The lowest BCUT2D eigenvalue weighted by Crippen LogP contribution is -2.33. The number of aromatic nitrogens is 1. The summed E-state index contributed by atoms with van der Waals surface area (Å²) in [5.41, 5.74) is 6.81. The molecule has 3 unspecified atom stereocenters. The van der Waals surface area contributed by atoms with Crippen LogP contribution in [0.5, 0.6) is 5.75 Å². The number of primary amides is 1. The first kappa shape index (κ1) is 21.2. The molecule has 1 saturated heterocycles. The molecule has 1 aliphatic heterocycles. The third-order valence-corrected chi connectivity index (χ3v) is 7.52. The van der Waals surface area contributed by atoms with Crippen molar-refractivity contribution in [1.82, 2.24) is 9.88 Å². The molecule has 1 saturated carbocycles. The van der Waals surface area contributed by atoms with E-state index in [0.29, 0.717) is 31.2 Å². The van der Waals surface area contributed by atoms with E-state index in [9.17, 15) is 9.59 Å². The number of pyridine rings is 1. The fourth-order valence-corrected chi connectivity index (χ4v) is 6.06. The Hall–Kier alpha value is -2.65. The van der Waals surface area contributed by atoms with Gasteiger partial charge in [0.1, 0.15) is 27.9 Å². The van der Waals surface area contributed by atoms with Crippen molar-refractivity contribution in [3.05, 3.63) is 57.5 Å². The minimum Gasteiger partial charge on any atom is -0.488 e. The van der Waals surface area contributed by atoms with Crippen LogP contribution in [0.2, 0.25) is 0 Å². The van der Waals surface area contributed by atoms with Gasteiger partial charge in [0.15, 0.2) is 0 Å². The predicted octanol–water partition coefficient (Wildman–Crippen LogP) is 4.58. The van der Waals surface area contributed by atoms with E-state index in [1.807, 2.05) is 46.7 Å². The molecule has 2 aromatic heterocycles. The molecule has 1 aliphatic carbocycles. The number of halogens is 1. The molecule has 1 aromatic carbocycles. The zero-order chi connectivity index (χ0) is 22.2. The Morgan fingerprint density at radius 2 is 2.00 bits per heavy atom. The van der Waals surface area contributed by atoms with Crippen LogP contribution < -0.4 is 10.5 Å². The maximum Gasteiger partial charge on any atom is 0.404 e. The van der Waals surface area contributed by atoms with Crippen LogP contribution in [-0.2, 0) is 11.3 Å². The van der Waals surface area contributed by atoms with Crippen LogP contribution in [-0.4, -0.2) is 41.1 Å². The summed E-state index contributed by atoms with van der Waals surface area (Å²) in [5.74, 6) is 1.32. The van der Waals surface area contributed by atoms with Crippen molar-refractivity contribution >= 4 is 49.5 Å². The number of ether oxygens (including phenoxy) is 2. The average molecular weight is 516 g/mol. The number of amides is 2. The first-order valence-corrected chi connectivity index (χ1v) is 12.2. The van der Waals surface area contributed by atoms with E-state index >= 15 is 0 Å². The molecule has 2 fully saturated rings. The van der Waals surface area contributed by atoms with Crippen LogP contribution in [0.25, 0.3) is 10.2 Å². The molecule has 0 spiro atoms. The van der Waals surface area contributed by atoms with Gasteiger partial charge < -0.3 is 20.1 Å². The lowest BCUT2D eigenvalue weighted by Gasteiger charge is -2.20. The van der Waals surface area contributed by atoms with E-state index in [4.69, 9.17) is 15.2 Å². The number of carbonyl (C=O) groups excluding carboxylic acids is 2. The second-order valence-electron chi connectivity index (χ2n) is 8.25. The molecule has 9 heteroatoms. The van der Waals surface area contributed by atoms with E-state index in [1.165, 1.54) is 0 Å². The second kappa shape index (κ2) is 8.71. The van der Waals surface area contributed by atoms with Crippen molar-refractivity contribution in [3.63, 3.8) is 0 Å². The molecule has 3 heterocycles. The smallest absolute Gasteiger partial charge is 0.404 e. The molecule has 7 nitrogen and oxygen atoms in total. The summed E-state index contributed by atoms with van der Waals surface area (Å²) >= 11 is 5.00. The van der Waals surface area contributed by atoms with Gasteiger partial charge >= 0.3 is 6.09 Å². The molecule has 166 valence electrons. The Balaban J connectivity index is 1.22. The number of hydrogen-bond donors (Lipinski definition) is 1. The summed E-state index contributed by atoms with van der Waals surface area (Å²) in [7, 11) is 0. The highest BCUT2D eigenvalue weighted by atomic mass is 79.9. The lowest BCUT2D eigenvalue weighted by atomic mass is 9.99. The summed E-state index contributed by atoms with van der Waals surface area (Å²) in [4.78, 5) is 31.4. The monoisotopic (exact) mass is 515 g/mol. The van der Waals surface area contributed by atoms with Gasteiger partial charge in [0.25, 0.3) is 5.91 Å². The van der Waals surface area contributed by atoms with Crippen LogP contribution in [0, 0.1) is 11.8 Å². The number of carbonyl (C=O) groups is 2. The van der Waals surface area contributed by atoms with Crippen molar-refractivity contribution in [2.45, 2.75) is 25.6 Å². The largest absolute Gasteiger partial charge is 0.488 e. The highest BCUT2D eigenvalue weighted by molar-refractivity contribution is 9.10. The van der Waals surface area contributed by atoms with Crippen LogP contribution >= 0.6 is 27.3 Å². The molecular weight excluding hydrogens is 494 g/mol. The van der Waals surface area contributed by atoms with Gasteiger partial charge in [-0.1, -0.05) is 12.1 Å². The summed E-state index contributed by atoms with van der Waals surface area (Å²) in [6.45, 7) is 1.69. The number of fused-ring (bicyclic) bond motifs is 2. The van der Waals surface area contributed by atoms with Gasteiger partial charge in [0.2, 0.25) is 0 Å². The van der Waals surface area contributed by atoms with Crippen LogP contribution in [0.15, 0.2) is 46.4 Å². The highest BCUT2D eigenvalue weighted by Gasteiger charge is 2.45. The van der Waals surface area contributed by atoms with Crippen molar-refractivity contribution in [1.29, 1.82) is 0 Å². The Labute approximate surface area is 197 Å². The Morgan fingerprint density at radius 3 is 2.78 bits per heavy atom. The fourth-order valence-electron chi connectivity index (χ4n) is 4.77. The minimum absolute atomic E-state index is 0.00254. The van der Waals surface area contributed by atoms with E-state index < -0.39 is 6.09 Å². The van der Waals surface area contributed by atoms with Crippen LogP contribution in [0.1, 0.15) is 28.8 Å². The minimum atomic E-state index is -0.739. The molecule has 3 atom stereocenters. The van der Waals surface area contributed by atoms with E-state index in [-0.39, 0.29) is 17.9 Å². The zero-order valence-electron chi connectivity index (χ0n) is 17.2. The molecule has 2 amide bonds. The van der Waals surface area contributed by atoms with E-state index in [0.717, 1.165) is 39.0 Å². The highest BCUT2D eigenvalue weighted by Crippen LogP contribution is 2.40. The van der Waals surface area contributed by atoms with Gasteiger partial charge in [-0.25, -0.2) is 9.78 Å². The predicted molar refractivity (Wildman–Crippen MR) is 125 cm³/mol. The summed E-state index contributed by atoms with van der Waals surface area (Å²) in [6, 6.07) is 11.4. The van der Waals surface area contributed by atoms with Gasteiger partial charge in [-0.15, -0.1) is 11.3 Å². The third kappa shape index (κ3) is 4.19. The number of likely N-dealkylation sites (tertiary alicyclic amines) is 1. The third-order valence-electron chi connectivity index (χ3n) is 6.31. The number of hydrogen-bond acceptors (Lipinski definition) is 6. The number of nitrogens with zero attached hydrogens (tertiary/aromatic N) is 2. The first-order chi connectivity index (χ1) is 15.5. The Kier molecular flexibility index (Phi) is 5.77. The van der Waals surface area contributed by atoms with Crippen molar-refractivity contribution in [2.24, 2.45) is 17.6 Å². The first-order valence-electron chi connectivity index (χ1n) is 10.5. The summed E-state index contributed by atoms with van der Waals surface area (Å²) in [6.07, 6.45) is 0.848. The fraction of sp³-hybridized carbons (Fsp3) is 0.348. The molecule has 0 bridgehead atoms. The molecular formula is C23H22BrN3O4S. The Morgan fingerprint density at radius 1 is 1.19 bits per heavy atom. The SMILES string of the molecule is NC(=O)OC1CCC2CN(C(=O)c3ccc(COc4cc(Br)nc5sccc45)cc3)CC21. The van der Waals surface area contributed by atoms with Gasteiger partial charge in [-0.05, 0) is 63.8 Å². The molecule has 5 rings (SSSR count). The van der Waals surface area contributed by atoms with Gasteiger partial charge in [0.05, 0.1) is 5.39 Å². The standard InChI is InChI=1S/C23H22BrN3O4S/c24-20-9-19(16-7-8-32-21(16)26-20)30-12-13-1-3-14(4-2-13)22(28)27-10-15-5-6-18(17(15)11-27)31-23(25)29/h1-4,7-9,15,17-18H,5-6,10-12H2,(H2,25,29). The van der Waals surface area contributed by atoms with Crippen molar-refractivity contribution in [2.75, 3.05) is 13.1 Å². The van der Waals surface area contributed by atoms with Crippen LogP contribution in [0.4, 0.5) is 4.79 Å². The van der Waals surface area contributed by atoms with E-state index in [1.54, 1.807) is 11.3 Å². The van der Waals surface area contributed by atoms with Crippen LogP contribution in [0.3, 0.4) is 0 Å². The quantitative estimate of drug-likeness (QED) is 0.501. The second-order valence-corrected chi connectivity index (χ2v) is 9.96. The van der Waals surface area contributed by atoms with Gasteiger partial charge in [-0.3, -0.25) is 4.79 Å². The molecule has 2 N–H and O–H groups in total.